The molecular formula is C3H3B4NO2. The van der Waals surface area contributed by atoms with Crippen LogP contribution in [-0.4, -0.2) is 38.0 Å². The van der Waals surface area contributed by atoms with Gasteiger partial charge in [0.05, 0.1) is 0 Å². The molecule has 0 atom stereocenters. The van der Waals surface area contributed by atoms with Crippen molar-refractivity contribution in [1.29, 1.82) is 0 Å². The second kappa shape index (κ2) is 2.90. The Balaban J connectivity index is 3.15. The minimum atomic E-state index is -0.988. The normalized spacial score (nSPS) is 7.60. The summed E-state index contributed by atoms with van der Waals surface area (Å²) in [6, 6.07) is 0. The zero-order chi connectivity index (χ0) is 7.56. The van der Waals surface area contributed by atoms with Crippen LogP contribution in [0.25, 0.3) is 0 Å². The summed E-state index contributed by atoms with van der Waals surface area (Å²) >= 11 is 0. The van der Waals surface area contributed by atoms with Crippen LogP contribution in [0.1, 0.15) is 10.3 Å². The van der Waals surface area contributed by atoms with Crippen LogP contribution in [-0.2, 0) is 0 Å². The monoisotopic (exact) mass is 129 g/mol. The summed E-state index contributed by atoms with van der Waals surface area (Å²) in [6.45, 7) is 6.36. The van der Waals surface area contributed by atoms with Gasteiger partial charge >= 0.3 is 59.6 Å². The van der Waals surface area contributed by atoms with Crippen molar-refractivity contribution in [2.75, 3.05) is 5.73 Å². The maximum atomic E-state index is 10.3. The molecular weight excluding hydrogens is 125 g/mol. The van der Waals surface area contributed by atoms with E-state index in [9.17, 15) is 4.79 Å². The van der Waals surface area contributed by atoms with Crippen LogP contribution in [0.15, 0.2) is 0 Å². The molecule has 0 unspecified atom stereocenters. The summed E-state index contributed by atoms with van der Waals surface area (Å²) in [5, 5.41) is 8.49. The fourth-order valence-electron chi connectivity index (χ4n) is 0.692. The molecule has 0 saturated carbocycles. The molecule has 0 saturated heterocycles. The Morgan fingerprint density at radius 3 is 2.40 bits per heavy atom. The van der Waals surface area contributed by atoms with Gasteiger partial charge in [0.15, 0.2) is 0 Å². The van der Waals surface area contributed by atoms with Gasteiger partial charge in [-0.05, 0) is 0 Å². The molecule has 0 amide bonds. The van der Waals surface area contributed by atoms with Crippen molar-refractivity contribution in [3.05, 3.63) is 5.46 Å². The fourth-order valence-corrected chi connectivity index (χ4v) is 0.692. The molecule has 1 aromatic heterocycles. The Kier molecular flexibility index (Phi) is 2.14. The molecule has 0 spiro atoms. The van der Waals surface area contributed by atoms with Gasteiger partial charge in [-0.15, -0.1) is 0 Å². The van der Waals surface area contributed by atoms with Crippen molar-refractivity contribution in [1.82, 2.24) is 0 Å². The maximum absolute atomic E-state index is 10.3. The van der Waals surface area contributed by atoms with E-state index in [1.807, 2.05) is 0 Å². The number of nitrogens with two attached hydrogens (primary N) is 1. The third-order valence-corrected chi connectivity index (χ3v) is 1.19. The van der Waals surface area contributed by atoms with Crippen LogP contribution in [0.5, 0.6) is 0 Å². The van der Waals surface area contributed by atoms with Crippen molar-refractivity contribution in [3.8, 4) is 0 Å². The van der Waals surface area contributed by atoms with Gasteiger partial charge in [0.1, 0.15) is 0 Å². The van der Waals surface area contributed by atoms with E-state index in [1.54, 1.807) is 20.2 Å². The van der Waals surface area contributed by atoms with Gasteiger partial charge in [-0.3, -0.25) is 0 Å². The summed E-state index contributed by atoms with van der Waals surface area (Å²) in [6.07, 6.45) is 0. The molecule has 1 heterocycles. The number of carboxylic acid groups (broad SMARTS) is 1. The second-order valence-corrected chi connectivity index (χ2v) is 1.89. The first-order valence-electron chi connectivity index (χ1n) is 2.79. The topological polar surface area (TPSA) is 63.3 Å². The van der Waals surface area contributed by atoms with Crippen LogP contribution in [0.4, 0.5) is 5.58 Å². The van der Waals surface area contributed by atoms with Crippen molar-refractivity contribution in [2.24, 2.45) is 0 Å². The van der Waals surface area contributed by atoms with E-state index in [0.29, 0.717) is 5.58 Å². The number of anilines is 1. The van der Waals surface area contributed by atoms with Gasteiger partial charge in [-0.2, -0.15) is 0 Å². The molecule has 0 bridgehead atoms. The van der Waals surface area contributed by atoms with Crippen LogP contribution in [0, 0.1) is 0 Å². The Morgan fingerprint density at radius 2 is 2.00 bits per heavy atom. The van der Waals surface area contributed by atoms with E-state index >= 15 is 0 Å². The van der Waals surface area contributed by atoms with Gasteiger partial charge in [-0.25, -0.2) is 0 Å². The van der Waals surface area contributed by atoms with Gasteiger partial charge in [0, 0.05) is 0 Å². The van der Waals surface area contributed by atoms with Gasteiger partial charge in [0.25, 0.3) is 0 Å². The molecule has 3 N–H and O–H groups in total. The number of nitrogen functional groups attached to an aromatic ring is 1. The van der Waals surface area contributed by atoms with E-state index in [1.165, 1.54) is 6.80 Å². The zero-order valence-corrected chi connectivity index (χ0v) is 5.24. The van der Waals surface area contributed by atoms with Gasteiger partial charge in [0.2, 0.25) is 0 Å². The second-order valence-electron chi connectivity index (χ2n) is 1.89. The SMILES string of the molecule is Nc1bbbbc1C(=O)O. The fraction of sp³-hybridized carbons (Fsp3) is 0. The van der Waals surface area contributed by atoms with E-state index < -0.39 is 5.97 Å². The molecule has 3 nitrogen and oxygen atoms in total. The minimum absolute atomic E-state index is 0.155. The predicted molar refractivity (Wildman–Crippen MR) is 43.2 cm³/mol. The van der Waals surface area contributed by atoms with Gasteiger partial charge < -0.3 is 0 Å². The Hall–Kier alpha value is -0.730. The summed E-state index contributed by atoms with van der Waals surface area (Å²) in [7, 11) is 0. The summed E-state index contributed by atoms with van der Waals surface area (Å²) in [5.41, 5.74) is 5.80. The molecule has 1 aromatic rings. The molecule has 0 radical (unpaired) electrons. The Morgan fingerprint density at radius 1 is 1.40 bits per heavy atom. The summed E-state index contributed by atoms with van der Waals surface area (Å²) in [4.78, 5) is 10.3. The van der Waals surface area contributed by atoms with E-state index in [4.69, 9.17) is 10.8 Å². The Bertz CT molecular complexity index is 264. The number of aromatic carboxylic acids is 1. The molecule has 0 aliphatic carbocycles. The van der Waals surface area contributed by atoms with Crippen LogP contribution >= 0.6 is 0 Å². The van der Waals surface area contributed by atoms with Gasteiger partial charge in [-0.1, -0.05) is 0 Å². The third kappa shape index (κ3) is 1.40. The first-order valence-corrected chi connectivity index (χ1v) is 2.79. The molecule has 1 rings (SSSR count). The predicted octanol–water partition coefficient (Wildman–Crippen LogP) is -1.68. The molecule has 0 fully saturated rings. The van der Waals surface area contributed by atoms with Crippen molar-refractivity contribution >= 4 is 38.5 Å². The standard InChI is InChI=1S/C3H3B4NO2/c8-2-1(3(9)10)4-6-7-5-2/h8H2,(H,9,10). The number of carboxylic acids is 1. The first-order chi connectivity index (χ1) is 4.72. The first kappa shape index (κ1) is 7.38. The molecule has 0 aromatic carbocycles. The Labute approximate surface area is 60.4 Å². The van der Waals surface area contributed by atoms with Crippen LogP contribution < -0.4 is 5.73 Å². The van der Waals surface area contributed by atoms with Crippen molar-refractivity contribution in [3.63, 3.8) is 0 Å². The average molecular weight is 128 g/mol. The van der Waals surface area contributed by atoms with Crippen LogP contribution in [0.2, 0.25) is 0 Å². The number of hydrogen-bond acceptors (Lipinski definition) is 2. The molecule has 7 heteroatoms. The molecule has 0 aliphatic rings. The average Bonchev–Trinajstić information content (AvgIpc) is 1.88. The molecule has 44 valence electrons. The van der Waals surface area contributed by atoms with Crippen molar-refractivity contribution in [2.45, 2.75) is 0 Å². The summed E-state index contributed by atoms with van der Waals surface area (Å²) in [5.74, 6) is -0.988. The summed E-state index contributed by atoms with van der Waals surface area (Å²) < 4.78 is 0. The number of rotatable bonds is 1. The van der Waals surface area contributed by atoms with Crippen LogP contribution in [0.3, 0.4) is 0 Å². The van der Waals surface area contributed by atoms with E-state index in [-0.39, 0.29) is 5.46 Å². The zero-order valence-electron chi connectivity index (χ0n) is 5.24. The van der Waals surface area contributed by atoms with E-state index in [0.717, 1.165) is 0 Å². The number of carbonyl (C=O) groups is 1. The number of hydrogen-bond donors (Lipinski definition) is 2. The molecule has 10 heavy (non-hydrogen) atoms. The van der Waals surface area contributed by atoms with E-state index in [2.05, 4.69) is 0 Å². The quantitative estimate of drug-likeness (QED) is 0.475. The van der Waals surface area contributed by atoms with Crippen molar-refractivity contribution < 1.29 is 9.90 Å². The molecule has 0 aliphatic heterocycles. The third-order valence-electron chi connectivity index (χ3n) is 1.19.